The van der Waals surface area contributed by atoms with Crippen molar-refractivity contribution in [3.05, 3.63) is 34.4 Å². The number of rotatable bonds is 2. The van der Waals surface area contributed by atoms with Gasteiger partial charge in [0.15, 0.2) is 0 Å². The average molecular weight is 254 g/mol. The molecule has 0 aliphatic heterocycles. The number of nitrogens with zero attached hydrogens (tertiary/aromatic N) is 1. The van der Waals surface area contributed by atoms with E-state index >= 15 is 0 Å². The highest BCUT2D eigenvalue weighted by Gasteiger charge is 2.05. The smallest absolute Gasteiger partial charge is 0.0733 e. The lowest BCUT2D eigenvalue weighted by molar-refractivity contribution is 0.186. The van der Waals surface area contributed by atoms with Gasteiger partial charge in [0.2, 0.25) is 0 Å². The summed E-state index contributed by atoms with van der Waals surface area (Å²) in [6.45, 7) is 0.666. The fourth-order valence-electron chi connectivity index (χ4n) is 1.71. The van der Waals surface area contributed by atoms with Crippen LogP contribution in [0.5, 0.6) is 0 Å². The fourth-order valence-corrected chi connectivity index (χ4v) is 2.06. The molecule has 3 heteroatoms. The first kappa shape index (κ1) is 9.74. The molecule has 1 aromatic heterocycles. The van der Waals surface area contributed by atoms with Crippen molar-refractivity contribution in [3.63, 3.8) is 0 Å². The van der Waals surface area contributed by atoms with Crippen LogP contribution in [0.2, 0.25) is 0 Å². The van der Waals surface area contributed by atoms with Crippen molar-refractivity contribution < 1.29 is 4.74 Å². The third kappa shape index (κ3) is 1.57. The predicted molar refractivity (Wildman–Crippen MR) is 61.3 cm³/mol. The molecule has 2 aromatic rings. The van der Waals surface area contributed by atoms with Crippen LogP contribution in [-0.2, 0) is 18.4 Å². The highest BCUT2D eigenvalue weighted by atomic mass is 79.9. The Morgan fingerprint density at radius 1 is 1.43 bits per heavy atom. The number of hydrogen-bond acceptors (Lipinski definition) is 1. The van der Waals surface area contributed by atoms with Crippen molar-refractivity contribution in [1.29, 1.82) is 0 Å². The minimum atomic E-state index is 0.666. The lowest BCUT2D eigenvalue weighted by Crippen LogP contribution is -1.84. The van der Waals surface area contributed by atoms with E-state index in [1.165, 1.54) is 16.5 Å². The van der Waals surface area contributed by atoms with Gasteiger partial charge in [-0.25, -0.2) is 0 Å². The van der Waals surface area contributed by atoms with Gasteiger partial charge in [-0.15, -0.1) is 0 Å². The molecule has 0 fully saturated rings. The van der Waals surface area contributed by atoms with E-state index in [1.807, 2.05) is 7.05 Å². The van der Waals surface area contributed by atoms with Gasteiger partial charge in [0.1, 0.15) is 0 Å². The number of aryl methyl sites for hydroxylation is 1. The van der Waals surface area contributed by atoms with Gasteiger partial charge >= 0.3 is 0 Å². The molecule has 0 aliphatic rings. The second-order valence-electron chi connectivity index (χ2n) is 3.36. The largest absolute Gasteiger partial charge is 0.380 e. The minimum Gasteiger partial charge on any atom is -0.380 e. The van der Waals surface area contributed by atoms with E-state index in [0.29, 0.717) is 6.61 Å². The number of methoxy groups -OCH3 is 1. The SMILES string of the molecule is COCc1cn(C)c2cc(Br)ccc12. The van der Waals surface area contributed by atoms with E-state index in [2.05, 4.69) is 44.9 Å². The third-order valence-electron chi connectivity index (χ3n) is 2.34. The maximum absolute atomic E-state index is 5.15. The third-order valence-corrected chi connectivity index (χ3v) is 2.83. The van der Waals surface area contributed by atoms with E-state index in [1.54, 1.807) is 7.11 Å². The highest BCUT2D eigenvalue weighted by molar-refractivity contribution is 9.10. The van der Waals surface area contributed by atoms with E-state index in [0.717, 1.165) is 4.47 Å². The summed E-state index contributed by atoms with van der Waals surface area (Å²) in [7, 11) is 3.77. The van der Waals surface area contributed by atoms with Crippen molar-refractivity contribution in [3.8, 4) is 0 Å². The van der Waals surface area contributed by atoms with Crippen LogP contribution in [-0.4, -0.2) is 11.7 Å². The van der Waals surface area contributed by atoms with Gasteiger partial charge in [0, 0.05) is 41.3 Å². The summed E-state index contributed by atoms with van der Waals surface area (Å²) in [6.07, 6.45) is 2.11. The number of fused-ring (bicyclic) bond motifs is 1. The van der Waals surface area contributed by atoms with Gasteiger partial charge in [-0.05, 0) is 12.1 Å². The zero-order chi connectivity index (χ0) is 10.1. The molecule has 0 spiro atoms. The molecule has 0 unspecified atom stereocenters. The zero-order valence-electron chi connectivity index (χ0n) is 8.25. The van der Waals surface area contributed by atoms with Crippen LogP contribution >= 0.6 is 15.9 Å². The lowest BCUT2D eigenvalue weighted by atomic mass is 10.2. The minimum absolute atomic E-state index is 0.666. The van der Waals surface area contributed by atoms with Gasteiger partial charge < -0.3 is 9.30 Å². The molecular weight excluding hydrogens is 242 g/mol. The molecule has 1 heterocycles. The van der Waals surface area contributed by atoms with Gasteiger partial charge in [-0.3, -0.25) is 0 Å². The second kappa shape index (κ2) is 3.75. The summed E-state index contributed by atoms with van der Waals surface area (Å²) in [4.78, 5) is 0. The maximum atomic E-state index is 5.15. The van der Waals surface area contributed by atoms with Crippen LogP contribution in [0.15, 0.2) is 28.9 Å². The van der Waals surface area contributed by atoms with Crippen LogP contribution in [0, 0.1) is 0 Å². The first-order valence-electron chi connectivity index (χ1n) is 4.45. The standard InChI is InChI=1S/C11H12BrNO/c1-13-6-8(7-14-2)10-4-3-9(12)5-11(10)13/h3-6H,7H2,1-2H3. The van der Waals surface area contributed by atoms with Gasteiger partial charge in [0.25, 0.3) is 0 Å². The van der Waals surface area contributed by atoms with Crippen molar-refractivity contribution >= 4 is 26.8 Å². The van der Waals surface area contributed by atoms with Crippen LogP contribution < -0.4 is 0 Å². The molecule has 0 saturated carbocycles. The van der Waals surface area contributed by atoms with E-state index in [-0.39, 0.29) is 0 Å². The molecule has 14 heavy (non-hydrogen) atoms. The monoisotopic (exact) mass is 253 g/mol. The Hall–Kier alpha value is -0.800. The van der Waals surface area contributed by atoms with Crippen LogP contribution in [0.25, 0.3) is 10.9 Å². The first-order chi connectivity index (χ1) is 6.72. The summed E-state index contributed by atoms with van der Waals surface area (Å²) in [6, 6.07) is 6.30. The molecule has 2 nitrogen and oxygen atoms in total. The Balaban J connectivity index is 2.65. The molecule has 0 amide bonds. The number of benzene rings is 1. The summed E-state index contributed by atoms with van der Waals surface area (Å²) in [5.74, 6) is 0. The Morgan fingerprint density at radius 3 is 2.93 bits per heavy atom. The molecule has 1 aromatic carbocycles. The molecule has 74 valence electrons. The Labute approximate surface area is 91.6 Å². The van der Waals surface area contributed by atoms with E-state index in [9.17, 15) is 0 Å². The Kier molecular flexibility index (Phi) is 2.61. The summed E-state index contributed by atoms with van der Waals surface area (Å²) in [5.41, 5.74) is 2.46. The summed E-state index contributed by atoms with van der Waals surface area (Å²) < 4.78 is 8.38. The first-order valence-corrected chi connectivity index (χ1v) is 5.24. The number of aromatic nitrogens is 1. The van der Waals surface area contributed by atoms with Gasteiger partial charge in [-0.1, -0.05) is 22.0 Å². The quantitative estimate of drug-likeness (QED) is 0.803. The molecule has 0 saturated heterocycles. The van der Waals surface area contributed by atoms with Gasteiger partial charge in [-0.2, -0.15) is 0 Å². The topological polar surface area (TPSA) is 14.2 Å². The predicted octanol–water partition coefficient (Wildman–Crippen LogP) is 3.09. The average Bonchev–Trinajstić information content (AvgIpc) is 2.44. The zero-order valence-corrected chi connectivity index (χ0v) is 9.84. The lowest BCUT2D eigenvalue weighted by Gasteiger charge is -1.97. The molecule has 0 aliphatic carbocycles. The second-order valence-corrected chi connectivity index (χ2v) is 4.28. The molecular formula is C11H12BrNO. The molecule has 2 rings (SSSR count). The van der Waals surface area contributed by atoms with Crippen LogP contribution in [0.4, 0.5) is 0 Å². The number of hydrogen-bond donors (Lipinski definition) is 0. The van der Waals surface area contributed by atoms with Crippen molar-refractivity contribution in [2.75, 3.05) is 7.11 Å². The summed E-state index contributed by atoms with van der Waals surface area (Å²) in [5, 5.41) is 1.26. The normalized spacial score (nSPS) is 11.1. The Bertz CT molecular complexity index is 462. The maximum Gasteiger partial charge on any atom is 0.0733 e. The number of halogens is 1. The van der Waals surface area contributed by atoms with Crippen molar-refractivity contribution in [1.82, 2.24) is 4.57 Å². The summed E-state index contributed by atoms with van der Waals surface area (Å²) >= 11 is 3.47. The molecule has 0 atom stereocenters. The molecule has 0 bridgehead atoms. The van der Waals surface area contributed by atoms with Crippen molar-refractivity contribution in [2.45, 2.75) is 6.61 Å². The Morgan fingerprint density at radius 2 is 2.21 bits per heavy atom. The van der Waals surface area contributed by atoms with Crippen LogP contribution in [0.3, 0.4) is 0 Å². The van der Waals surface area contributed by atoms with Gasteiger partial charge in [0.05, 0.1) is 6.61 Å². The van der Waals surface area contributed by atoms with E-state index in [4.69, 9.17) is 4.74 Å². The fraction of sp³-hybridized carbons (Fsp3) is 0.273. The van der Waals surface area contributed by atoms with E-state index < -0.39 is 0 Å². The van der Waals surface area contributed by atoms with Crippen LogP contribution in [0.1, 0.15) is 5.56 Å². The molecule has 0 N–H and O–H groups in total. The highest BCUT2D eigenvalue weighted by Crippen LogP contribution is 2.24. The molecule has 0 radical (unpaired) electrons. The van der Waals surface area contributed by atoms with Crippen molar-refractivity contribution in [2.24, 2.45) is 7.05 Å². The number of ether oxygens (including phenoxy) is 1.